The maximum atomic E-state index is 12.5. The minimum Gasteiger partial charge on any atom is -0.491 e. The van der Waals surface area contributed by atoms with Gasteiger partial charge in [0.1, 0.15) is 23.7 Å². The summed E-state index contributed by atoms with van der Waals surface area (Å²) in [6.07, 6.45) is 5.71. The van der Waals surface area contributed by atoms with E-state index >= 15 is 0 Å². The molecule has 7 heteroatoms. The molecule has 6 nitrogen and oxygen atoms in total. The summed E-state index contributed by atoms with van der Waals surface area (Å²) in [4.78, 5) is 22.1. The summed E-state index contributed by atoms with van der Waals surface area (Å²) in [5, 5.41) is 11.6. The summed E-state index contributed by atoms with van der Waals surface area (Å²) in [5.74, 6) is 0.435. The molecule has 0 bridgehead atoms. The summed E-state index contributed by atoms with van der Waals surface area (Å²) in [6.45, 7) is 4.72. The number of nitrogens with zero attached hydrogens (tertiary/aromatic N) is 3. The van der Waals surface area contributed by atoms with Crippen LogP contribution in [-0.4, -0.2) is 51.2 Å². The normalized spacial score (nSPS) is 20.1. The Hall–Kier alpha value is -2.18. The van der Waals surface area contributed by atoms with Gasteiger partial charge < -0.3 is 14.7 Å². The number of carbonyl (C=O) groups excluding carboxylic acids is 1. The number of ether oxygens (including phenoxy) is 1. The Morgan fingerprint density at radius 2 is 2.08 bits per heavy atom. The van der Waals surface area contributed by atoms with E-state index in [0.29, 0.717) is 25.1 Å². The van der Waals surface area contributed by atoms with Crippen molar-refractivity contribution < 1.29 is 14.6 Å². The molecule has 3 rings (SSSR count). The highest BCUT2D eigenvalue weighted by Crippen LogP contribution is 2.28. The van der Waals surface area contributed by atoms with Gasteiger partial charge in [0.05, 0.1) is 12.7 Å². The van der Waals surface area contributed by atoms with Crippen LogP contribution in [0.4, 0.5) is 0 Å². The predicted molar refractivity (Wildman–Crippen MR) is 98.5 cm³/mol. The van der Waals surface area contributed by atoms with Gasteiger partial charge in [0.25, 0.3) is 5.91 Å². The second-order valence-corrected chi connectivity index (χ2v) is 7.18. The lowest BCUT2D eigenvalue weighted by molar-refractivity contribution is -0.0533. The average molecular weight is 376 g/mol. The minimum atomic E-state index is -1.10. The molecule has 2 heterocycles. The number of piperidine rings is 1. The van der Waals surface area contributed by atoms with Crippen LogP contribution in [0.25, 0.3) is 0 Å². The molecule has 1 aromatic heterocycles. The van der Waals surface area contributed by atoms with Gasteiger partial charge in [0, 0.05) is 24.0 Å². The van der Waals surface area contributed by atoms with Crippen LogP contribution in [-0.2, 0) is 0 Å². The van der Waals surface area contributed by atoms with Crippen LogP contribution in [0.1, 0.15) is 34.5 Å². The maximum absolute atomic E-state index is 12.5. The molecule has 1 fully saturated rings. The smallest absolute Gasteiger partial charge is 0.274 e. The van der Waals surface area contributed by atoms with Crippen LogP contribution in [0, 0.1) is 13.8 Å². The van der Waals surface area contributed by atoms with Crippen molar-refractivity contribution in [1.29, 1.82) is 0 Å². The lowest BCUT2D eigenvalue weighted by Crippen LogP contribution is -2.53. The zero-order valence-electron chi connectivity index (χ0n) is 14.9. The zero-order chi connectivity index (χ0) is 18.7. The lowest BCUT2D eigenvalue weighted by atomic mass is 9.93. The number of hydrogen-bond donors (Lipinski definition) is 1. The standard InChI is InChI=1S/C19H22ClN3O3/c1-13-8-15(9-14(2)17(13)20)26-12-19(25)4-3-7-23(11-19)18(24)16-10-21-5-6-22-16/h5-6,8-10,25H,3-4,7,11-12H2,1-2H3. The van der Waals surface area contributed by atoms with Gasteiger partial charge in [0.15, 0.2) is 0 Å². The van der Waals surface area contributed by atoms with Gasteiger partial charge >= 0.3 is 0 Å². The number of aliphatic hydroxyl groups is 1. The molecule has 1 unspecified atom stereocenters. The predicted octanol–water partition coefficient (Wildman–Crippen LogP) is 2.79. The highest BCUT2D eigenvalue weighted by Gasteiger charge is 2.36. The van der Waals surface area contributed by atoms with Crippen molar-refractivity contribution in [2.24, 2.45) is 0 Å². The molecule has 0 spiro atoms. The topological polar surface area (TPSA) is 75.6 Å². The number of halogens is 1. The van der Waals surface area contributed by atoms with Gasteiger partial charge in [-0.25, -0.2) is 4.98 Å². The Morgan fingerprint density at radius 1 is 1.35 bits per heavy atom. The second kappa shape index (κ2) is 7.60. The molecule has 1 aliphatic heterocycles. The highest BCUT2D eigenvalue weighted by molar-refractivity contribution is 6.32. The lowest BCUT2D eigenvalue weighted by Gasteiger charge is -2.38. The molecule has 26 heavy (non-hydrogen) atoms. The Kier molecular flexibility index (Phi) is 5.44. The molecule has 1 saturated heterocycles. The fourth-order valence-electron chi connectivity index (χ4n) is 3.18. The largest absolute Gasteiger partial charge is 0.491 e. The van der Waals surface area contributed by atoms with Crippen molar-refractivity contribution in [2.75, 3.05) is 19.7 Å². The number of amides is 1. The molecule has 0 radical (unpaired) electrons. The first-order valence-electron chi connectivity index (χ1n) is 8.55. The van der Waals surface area contributed by atoms with Gasteiger partial charge in [-0.15, -0.1) is 0 Å². The van der Waals surface area contributed by atoms with Crippen LogP contribution < -0.4 is 4.74 Å². The van der Waals surface area contributed by atoms with E-state index in [1.165, 1.54) is 18.6 Å². The van der Waals surface area contributed by atoms with Crippen LogP contribution in [0.2, 0.25) is 5.02 Å². The number of benzene rings is 1. The van der Waals surface area contributed by atoms with E-state index in [1.54, 1.807) is 4.90 Å². The van der Waals surface area contributed by atoms with E-state index in [2.05, 4.69) is 9.97 Å². The van der Waals surface area contributed by atoms with Crippen molar-refractivity contribution in [3.05, 3.63) is 52.6 Å². The maximum Gasteiger partial charge on any atom is 0.274 e. The summed E-state index contributed by atoms with van der Waals surface area (Å²) in [5.41, 5.74) is 1.03. The number of hydrogen-bond acceptors (Lipinski definition) is 5. The number of rotatable bonds is 4. The molecule has 1 aromatic carbocycles. The molecule has 1 aliphatic rings. The van der Waals surface area contributed by atoms with E-state index in [0.717, 1.165) is 16.1 Å². The van der Waals surface area contributed by atoms with E-state index in [4.69, 9.17) is 16.3 Å². The summed E-state index contributed by atoms with van der Waals surface area (Å²) in [6, 6.07) is 3.70. The summed E-state index contributed by atoms with van der Waals surface area (Å²) in [7, 11) is 0. The third-order valence-corrected chi connectivity index (χ3v) is 5.14. The number of likely N-dealkylation sites (tertiary alicyclic amines) is 1. The summed E-state index contributed by atoms with van der Waals surface area (Å²) >= 11 is 6.18. The van der Waals surface area contributed by atoms with Crippen molar-refractivity contribution in [2.45, 2.75) is 32.3 Å². The van der Waals surface area contributed by atoms with Gasteiger partial charge in [-0.2, -0.15) is 0 Å². The quantitative estimate of drug-likeness (QED) is 0.889. The number of carbonyl (C=O) groups is 1. The van der Waals surface area contributed by atoms with Gasteiger partial charge in [0.2, 0.25) is 0 Å². The zero-order valence-corrected chi connectivity index (χ0v) is 15.7. The van der Waals surface area contributed by atoms with Crippen LogP contribution in [0.3, 0.4) is 0 Å². The van der Waals surface area contributed by atoms with Gasteiger partial charge in [-0.1, -0.05) is 11.6 Å². The van der Waals surface area contributed by atoms with Crippen molar-refractivity contribution >= 4 is 17.5 Å². The first-order valence-corrected chi connectivity index (χ1v) is 8.93. The Bertz CT molecular complexity index is 777. The molecule has 1 atom stereocenters. The van der Waals surface area contributed by atoms with Crippen molar-refractivity contribution in [3.63, 3.8) is 0 Å². The fourth-order valence-corrected chi connectivity index (χ4v) is 3.29. The minimum absolute atomic E-state index is 0.109. The molecule has 0 aliphatic carbocycles. The molecule has 138 valence electrons. The van der Waals surface area contributed by atoms with Crippen molar-refractivity contribution in [1.82, 2.24) is 14.9 Å². The second-order valence-electron chi connectivity index (χ2n) is 6.80. The van der Waals surface area contributed by atoms with Gasteiger partial charge in [-0.05, 0) is 49.9 Å². The van der Waals surface area contributed by atoms with Crippen LogP contribution in [0.15, 0.2) is 30.7 Å². The van der Waals surface area contributed by atoms with Crippen LogP contribution >= 0.6 is 11.6 Å². The van der Waals surface area contributed by atoms with Crippen LogP contribution in [0.5, 0.6) is 5.75 Å². The molecular weight excluding hydrogens is 354 g/mol. The van der Waals surface area contributed by atoms with E-state index in [-0.39, 0.29) is 24.8 Å². The summed E-state index contributed by atoms with van der Waals surface area (Å²) < 4.78 is 5.82. The molecule has 0 saturated carbocycles. The van der Waals surface area contributed by atoms with Crippen molar-refractivity contribution in [3.8, 4) is 5.75 Å². The van der Waals surface area contributed by atoms with E-state index < -0.39 is 5.60 Å². The molecule has 2 aromatic rings. The van der Waals surface area contributed by atoms with E-state index in [1.807, 2.05) is 26.0 Å². The first kappa shape index (κ1) is 18.6. The Balaban J connectivity index is 1.67. The van der Waals surface area contributed by atoms with Gasteiger partial charge in [-0.3, -0.25) is 9.78 Å². The number of aryl methyl sites for hydroxylation is 2. The van der Waals surface area contributed by atoms with E-state index in [9.17, 15) is 9.90 Å². The first-order chi connectivity index (χ1) is 12.4. The average Bonchev–Trinajstić information content (AvgIpc) is 2.64. The fraction of sp³-hybridized carbons (Fsp3) is 0.421. The highest BCUT2D eigenvalue weighted by atomic mass is 35.5. The third-order valence-electron chi connectivity index (χ3n) is 4.54. The SMILES string of the molecule is Cc1cc(OCC2(O)CCCN(C(=O)c3cnccn3)C2)cc(C)c1Cl. The molecule has 1 amide bonds. The number of β-amino-alcohol motifs (C(OH)–C–C–N with tert-alkyl or cyclic N) is 1. The molecular formula is C19H22ClN3O3. The Morgan fingerprint density at radius 3 is 2.73 bits per heavy atom. The Labute approximate surface area is 157 Å². The number of aromatic nitrogens is 2. The third kappa shape index (κ3) is 4.14. The molecule has 1 N–H and O–H groups in total. The monoisotopic (exact) mass is 375 g/mol.